The number of halogens is 3. The molecule has 3 aromatic rings. The van der Waals surface area contributed by atoms with Gasteiger partial charge in [-0.1, -0.05) is 11.1 Å². The highest BCUT2D eigenvalue weighted by Gasteiger charge is 2.39. The number of rotatable bonds is 8. The van der Waals surface area contributed by atoms with E-state index in [0.717, 1.165) is 37.4 Å². The third kappa shape index (κ3) is 7.17. The number of aromatic nitrogens is 3. The normalized spacial score (nSPS) is 15.9. The second-order valence-electron chi connectivity index (χ2n) is 9.06. The fourth-order valence-corrected chi connectivity index (χ4v) is 4.31. The van der Waals surface area contributed by atoms with Crippen LogP contribution in [-0.4, -0.2) is 87.8 Å². The van der Waals surface area contributed by atoms with Crippen LogP contribution in [0.3, 0.4) is 0 Å². The molecule has 1 amide bonds. The highest BCUT2D eigenvalue weighted by molar-refractivity contribution is 5.81. The first-order valence-corrected chi connectivity index (χ1v) is 12.4. The lowest BCUT2D eigenvalue weighted by molar-refractivity contribution is -0.173. The van der Waals surface area contributed by atoms with Crippen LogP contribution in [0.5, 0.6) is 0 Å². The number of β-amino-alcohol motifs (C(OH)–C–C–N with tert-alkyl or cyclic N) is 1. The maximum atomic E-state index is 12.8. The maximum Gasteiger partial charge on any atom is 0.471 e. The van der Waals surface area contributed by atoms with Crippen molar-refractivity contribution in [3.63, 3.8) is 0 Å². The molecule has 3 N–H and O–H groups in total. The second kappa shape index (κ2) is 12.3. The highest BCUT2D eigenvalue weighted by atomic mass is 19.4. The number of piperazine rings is 1. The number of carbonyl (C=O) groups excluding carboxylic acids is 1. The Morgan fingerprint density at radius 2 is 1.90 bits per heavy atom. The summed E-state index contributed by atoms with van der Waals surface area (Å²) in [7, 11) is 0. The Hall–Kier alpha value is -3.86. The number of nitrogens with zero attached hydrogens (tertiary/aromatic N) is 5. The van der Waals surface area contributed by atoms with Crippen LogP contribution in [0.15, 0.2) is 47.2 Å². The summed E-state index contributed by atoms with van der Waals surface area (Å²) in [5.74, 6) is 4.12. The summed E-state index contributed by atoms with van der Waals surface area (Å²) < 4.78 is 45.0. The van der Waals surface area contributed by atoms with E-state index < -0.39 is 30.8 Å². The third-order valence-electron chi connectivity index (χ3n) is 6.34. The summed E-state index contributed by atoms with van der Waals surface area (Å²) in [4.78, 5) is 20.0. The molecule has 4 rings (SSSR count). The first kappa shape index (κ1) is 28.2. The minimum absolute atomic E-state index is 0.155. The molecule has 0 spiro atoms. The van der Waals surface area contributed by atoms with Gasteiger partial charge in [-0.25, -0.2) is 4.98 Å². The second-order valence-corrected chi connectivity index (χ2v) is 9.06. The Morgan fingerprint density at radius 3 is 2.54 bits per heavy atom. The van der Waals surface area contributed by atoms with Crippen molar-refractivity contribution in [1.82, 2.24) is 24.9 Å². The zero-order chi connectivity index (χ0) is 28.0. The van der Waals surface area contributed by atoms with E-state index in [4.69, 9.17) is 9.63 Å². The van der Waals surface area contributed by atoms with Gasteiger partial charge in [0.1, 0.15) is 17.6 Å². The Balaban J connectivity index is 1.47. The van der Waals surface area contributed by atoms with Gasteiger partial charge in [0.25, 0.3) is 0 Å². The highest BCUT2D eigenvalue weighted by Crippen LogP contribution is 2.24. The lowest BCUT2D eigenvalue weighted by Crippen LogP contribution is -2.47. The number of hydrogen-bond acceptors (Lipinski definition) is 8. The van der Waals surface area contributed by atoms with Gasteiger partial charge in [0.2, 0.25) is 5.76 Å². The number of aliphatic hydroxyl groups is 2. The van der Waals surface area contributed by atoms with Crippen LogP contribution >= 0.6 is 0 Å². The van der Waals surface area contributed by atoms with Crippen molar-refractivity contribution < 1.29 is 32.7 Å². The lowest BCUT2D eigenvalue weighted by atomic mass is 10.1. The van der Waals surface area contributed by atoms with Gasteiger partial charge in [-0.05, 0) is 37.1 Å². The van der Waals surface area contributed by atoms with Crippen LogP contribution in [-0.2, 0) is 4.79 Å². The molecule has 3 heterocycles. The molecule has 13 heteroatoms. The van der Waals surface area contributed by atoms with E-state index in [2.05, 4.69) is 31.8 Å². The van der Waals surface area contributed by atoms with Crippen LogP contribution < -0.4 is 10.2 Å². The molecule has 0 radical (unpaired) electrons. The number of alkyl halides is 3. The molecule has 0 unspecified atom stereocenters. The van der Waals surface area contributed by atoms with Crippen LogP contribution in [0.1, 0.15) is 41.9 Å². The van der Waals surface area contributed by atoms with Crippen molar-refractivity contribution in [1.29, 1.82) is 0 Å². The van der Waals surface area contributed by atoms with Crippen LogP contribution in [0.25, 0.3) is 0 Å². The molecule has 1 aliphatic heterocycles. The minimum atomic E-state index is -5.04. The molecule has 10 nitrogen and oxygen atoms in total. The summed E-state index contributed by atoms with van der Waals surface area (Å²) in [6.45, 7) is 5.33. The molecule has 1 aromatic carbocycles. The van der Waals surface area contributed by atoms with E-state index >= 15 is 0 Å². The van der Waals surface area contributed by atoms with Crippen molar-refractivity contribution in [3.05, 3.63) is 65.6 Å². The van der Waals surface area contributed by atoms with Gasteiger partial charge >= 0.3 is 12.1 Å². The van der Waals surface area contributed by atoms with Gasteiger partial charge in [0, 0.05) is 69.0 Å². The molecule has 2 atom stereocenters. The van der Waals surface area contributed by atoms with Gasteiger partial charge in [-0.3, -0.25) is 9.69 Å². The first-order chi connectivity index (χ1) is 18.7. The standard InChI is InChI=1S/C26H29F3N6O4/c1-18(37)24-30-8-9-35(24)23(17-31-25(38)26(27,28)29)22-16-21(39-32-22)7-4-19-2-5-20(6-3-19)34-12-10-33(11-13-34)14-15-36/h2-3,5-6,8-9,16,18,23,36-37H,10-15,17H2,1H3,(H,31,38)/t18-,23+/m0/s1. The van der Waals surface area contributed by atoms with Crippen molar-refractivity contribution in [2.45, 2.75) is 25.2 Å². The predicted molar refractivity (Wildman–Crippen MR) is 135 cm³/mol. The molecule has 208 valence electrons. The molecule has 0 aliphatic carbocycles. The zero-order valence-corrected chi connectivity index (χ0v) is 21.2. The van der Waals surface area contributed by atoms with Crippen LogP contribution in [0.4, 0.5) is 18.9 Å². The fraction of sp³-hybridized carbons (Fsp3) is 0.423. The van der Waals surface area contributed by atoms with E-state index in [-0.39, 0.29) is 23.9 Å². The number of aliphatic hydroxyl groups excluding tert-OH is 2. The SMILES string of the molecule is C[C@H](O)c1nccn1[C@H](CNC(=O)C(F)(F)F)c1cc(C#Cc2ccc(N3CCN(CCO)CC3)cc2)on1. The number of anilines is 1. The summed E-state index contributed by atoms with van der Waals surface area (Å²) in [6, 6.07) is 8.27. The quantitative estimate of drug-likeness (QED) is 0.366. The van der Waals surface area contributed by atoms with E-state index in [1.54, 1.807) is 0 Å². The zero-order valence-electron chi connectivity index (χ0n) is 21.2. The smallest absolute Gasteiger partial charge is 0.395 e. The summed E-state index contributed by atoms with van der Waals surface area (Å²) in [5, 5.41) is 24.9. The molecule has 0 saturated carbocycles. The number of imidazole rings is 1. The van der Waals surface area contributed by atoms with Crippen molar-refractivity contribution in [3.8, 4) is 11.8 Å². The summed E-state index contributed by atoms with van der Waals surface area (Å²) in [5.41, 5.74) is 2.01. The summed E-state index contributed by atoms with van der Waals surface area (Å²) in [6.07, 6.45) is -3.20. The Kier molecular flexibility index (Phi) is 8.90. The van der Waals surface area contributed by atoms with Gasteiger partial charge in [-0.2, -0.15) is 13.2 Å². The molecule has 39 heavy (non-hydrogen) atoms. The average molecular weight is 547 g/mol. The number of carbonyl (C=O) groups is 1. The van der Waals surface area contributed by atoms with Crippen molar-refractivity contribution >= 4 is 11.6 Å². The van der Waals surface area contributed by atoms with Crippen LogP contribution in [0, 0.1) is 11.8 Å². The van der Waals surface area contributed by atoms with E-state index in [0.29, 0.717) is 6.54 Å². The number of amides is 1. The predicted octanol–water partition coefficient (Wildman–Crippen LogP) is 1.71. The Morgan fingerprint density at radius 1 is 1.18 bits per heavy atom. The molecular weight excluding hydrogens is 517 g/mol. The minimum Gasteiger partial charge on any atom is -0.395 e. The van der Waals surface area contributed by atoms with Gasteiger partial charge in [0.15, 0.2) is 0 Å². The number of hydrogen-bond donors (Lipinski definition) is 3. The maximum absolute atomic E-state index is 12.8. The first-order valence-electron chi connectivity index (χ1n) is 12.4. The fourth-order valence-electron chi connectivity index (χ4n) is 4.31. The third-order valence-corrected chi connectivity index (χ3v) is 6.34. The van der Waals surface area contributed by atoms with E-state index in [1.165, 1.54) is 30.0 Å². The van der Waals surface area contributed by atoms with E-state index in [1.807, 2.05) is 29.6 Å². The molecule has 1 fully saturated rings. The molecular formula is C26H29F3N6O4. The summed E-state index contributed by atoms with van der Waals surface area (Å²) >= 11 is 0. The average Bonchev–Trinajstić information content (AvgIpc) is 3.59. The Labute approximate surface area is 223 Å². The number of nitrogens with one attached hydrogen (secondary N) is 1. The Bertz CT molecular complexity index is 1300. The van der Waals surface area contributed by atoms with Gasteiger partial charge in [0.05, 0.1) is 12.6 Å². The largest absolute Gasteiger partial charge is 0.471 e. The molecule has 0 bridgehead atoms. The van der Waals surface area contributed by atoms with Gasteiger partial charge in [-0.15, -0.1) is 0 Å². The molecule has 2 aromatic heterocycles. The lowest BCUT2D eigenvalue weighted by Gasteiger charge is -2.35. The van der Waals surface area contributed by atoms with Crippen molar-refractivity contribution in [2.24, 2.45) is 0 Å². The topological polar surface area (TPSA) is 120 Å². The van der Waals surface area contributed by atoms with Crippen LogP contribution in [0.2, 0.25) is 0 Å². The van der Waals surface area contributed by atoms with Crippen molar-refractivity contribution in [2.75, 3.05) is 50.8 Å². The number of benzene rings is 1. The molecule has 1 aliphatic rings. The monoisotopic (exact) mass is 546 g/mol. The van der Waals surface area contributed by atoms with Gasteiger partial charge < -0.3 is 29.5 Å². The molecule has 1 saturated heterocycles. The van der Waals surface area contributed by atoms with E-state index in [9.17, 15) is 23.1 Å².